The average Bonchev–Trinajstić information content (AvgIpc) is 2.83. The van der Waals surface area contributed by atoms with Crippen LogP contribution in [0.4, 0.5) is 0 Å². The molecular formula is C10H14N2O4S2. The molecule has 1 aliphatic carbocycles. The first kappa shape index (κ1) is 13.4. The van der Waals surface area contributed by atoms with Crippen LogP contribution in [0.25, 0.3) is 0 Å². The molecule has 1 aromatic rings. The monoisotopic (exact) mass is 290 g/mol. The summed E-state index contributed by atoms with van der Waals surface area (Å²) in [4.78, 5) is 14.4. The maximum absolute atomic E-state index is 12.0. The van der Waals surface area contributed by atoms with Crippen LogP contribution in [-0.2, 0) is 10.0 Å². The van der Waals surface area contributed by atoms with Gasteiger partial charge in [0.1, 0.15) is 0 Å². The van der Waals surface area contributed by atoms with E-state index in [0.29, 0.717) is 5.92 Å². The Balaban J connectivity index is 2.12. The zero-order valence-electron chi connectivity index (χ0n) is 9.79. The first-order chi connectivity index (χ1) is 8.45. The third kappa shape index (κ3) is 2.70. The van der Waals surface area contributed by atoms with Gasteiger partial charge in [0.25, 0.3) is 10.0 Å². The van der Waals surface area contributed by atoms with Gasteiger partial charge in [0.05, 0.1) is 5.51 Å². The van der Waals surface area contributed by atoms with Gasteiger partial charge in [-0.15, -0.1) is 11.3 Å². The van der Waals surface area contributed by atoms with Gasteiger partial charge in [0, 0.05) is 6.04 Å². The van der Waals surface area contributed by atoms with E-state index in [9.17, 15) is 13.2 Å². The maximum atomic E-state index is 12.0. The molecular weight excluding hydrogens is 276 g/mol. The number of carbonyl (C=O) groups is 1. The Kier molecular flexibility index (Phi) is 3.69. The van der Waals surface area contributed by atoms with Crippen molar-refractivity contribution >= 4 is 27.3 Å². The molecule has 1 fully saturated rings. The summed E-state index contributed by atoms with van der Waals surface area (Å²) in [6.45, 7) is 2.05. The number of sulfonamides is 1. The molecule has 6 nitrogen and oxygen atoms in total. The van der Waals surface area contributed by atoms with Crippen LogP contribution in [0.1, 0.15) is 36.7 Å². The number of carboxylic acid groups (broad SMARTS) is 1. The summed E-state index contributed by atoms with van der Waals surface area (Å²) in [5.74, 6) is -0.941. The van der Waals surface area contributed by atoms with E-state index < -0.39 is 21.7 Å². The van der Waals surface area contributed by atoms with Crippen molar-refractivity contribution in [2.45, 2.75) is 36.4 Å². The third-order valence-corrected chi connectivity index (χ3v) is 5.73. The fourth-order valence-electron chi connectivity index (χ4n) is 1.90. The topological polar surface area (TPSA) is 96.4 Å². The first-order valence-corrected chi connectivity index (χ1v) is 8.01. The van der Waals surface area contributed by atoms with Crippen LogP contribution in [0, 0.1) is 5.92 Å². The Morgan fingerprint density at radius 3 is 3.00 bits per heavy atom. The minimum Gasteiger partial charge on any atom is -0.476 e. The number of aromatic carboxylic acids is 1. The Morgan fingerprint density at radius 2 is 2.39 bits per heavy atom. The van der Waals surface area contributed by atoms with E-state index in [4.69, 9.17) is 5.11 Å². The SMILES string of the molecule is CCCC1CC1NS(=O)(=O)c1scnc1C(=O)O. The van der Waals surface area contributed by atoms with Crippen LogP contribution in [0.2, 0.25) is 0 Å². The molecule has 2 N–H and O–H groups in total. The average molecular weight is 290 g/mol. The lowest BCUT2D eigenvalue weighted by atomic mass is 10.2. The number of hydrogen-bond acceptors (Lipinski definition) is 5. The van der Waals surface area contributed by atoms with Crippen LogP contribution < -0.4 is 4.72 Å². The quantitative estimate of drug-likeness (QED) is 0.823. The van der Waals surface area contributed by atoms with E-state index >= 15 is 0 Å². The van der Waals surface area contributed by atoms with Crippen LogP contribution in [0.15, 0.2) is 9.72 Å². The Labute approximate surface area is 109 Å². The molecule has 1 saturated carbocycles. The second-order valence-electron chi connectivity index (χ2n) is 4.31. The highest BCUT2D eigenvalue weighted by atomic mass is 32.2. The van der Waals surface area contributed by atoms with E-state index in [1.165, 1.54) is 5.51 Å². The van der Waals surface area contributed by atoms with Crippen molar-refractivity contribution in [3.05, 3.63) is 11.2 Å². The summed E-state index contributed by atoms with van der Waals surface area (Å²) in [7, 11) is -3.76. The van der Waals surface area contributed by atoms with Crippen LogP contribution >= 0.6 is 11.3 Å². The van der Waals surface area contributed by atoms with Gasteiger partial charge in [-0.25, -0.2) is 22.9 Å². The number of hydrogen-bond donors (Lipinski definition) is 2. The molecule has 1 aliphatic rings. The summed E-state index contributed by atoms with van der Waals surface area (Å²) in [6.07, 6.45) is 2.83. The molecule has 2 rings (SSSR count). The molecule has 2 atom stereocenters. The zero-order chi connectivity index (χ0) is 13.3. The normalized spacial score (nSPS) is 22.9. The molecule has 0 radical (unpaired) electrons. The third-order valence-electron chi connectivity index (χ3n) is 2.87. The summed E-state index contributed by atoms with van der Waals surface area (Å²) in [6, 6.07) is -0.0568. The molecule has 0 aromatic carbocycles. The second kappa shape index (κ2) is 4.94. The predicted molar refractivity (Wildman–Crippen MR) is 66.2 cm³/mol. The van der Waals surface area contributed by atoms with E-state index in [2.05, 4.69) is 16.6 Å². The van der Waals surface area contributed by atoms with Gasteiger partial charge in [-0.3, -0.25) is 0 Å². The van der Waals surface area contributed by atoms with Gasteiger partial charge in [-0.2, -0.15) is 0 Å². The molecule has 100 valence electrons. The van der Waals surface area contributed by atoms with Gasteiger partial charge in [-0.1, -0.05) is 13.3 Å². The molecule has 0 aliphatic heterocycles. The van der Waals surface area contributed by atoms with E-state index in [1.54, 1.807) is 0 Å². The van der Waals surface area contributed by atoms with Gasteiger partial charge in [0.15, 0.2) is 9.90 Å². The van der Waals surface area contributed by atoms with Gasteiger partial charge in [-0.05, 0) is 18.8 Å². The van der Waals surface area contributed by atoms with Crippen LogP contribution in [0.3, 0.4) is 0 Å². The Bertz CT molecular complexity index is 552. The fraction of sp³-hybridized carbons (Fsp3) is 0.600. The molecule has 18 heavy (non-hydrogen) atoms. The van der Waals surface area contributed by atoms with Crippen molar-refractivity contribution in [2.75, 3.05) is 0 Å². The highest BCUT2D eigenvalue weighted by Gasteiger charge is 2.40. The number of thiazole rings is 1. The lowest BCUT2D eigenvalue weighted by Crippen LogP contribution is -2.27. The standard InChI is InChI=1S/C10H14N2O4S2/c1-2-3-6-4-7(6)12-18(15,16)10-8(9(13)14)11-5-17-10/h5-7,12H,2-4H2,1H3,(H,13,14). The fourth-order valence-corrected chi connectivity index (χ4v) is 4.38. The maximum Gasteiger partial charge on any atom is 0.356 e. The second-order valence-corrected chi connectivity index (χ2v) is 7.07. The minimum atomic E-state index is -3.76. The van der Waals surface area contributed by atoms with Gasteiger partial charge in [0.2, 0.25) is 0 Å². The number of nitrogens with zero attached hydrogens (tertiary/aromatic N) is 1. The van der Waals surface area contributed by atoms with Gasteiger partial charge < -0.3 is 5.11 Å². The Morgan fingerprint density at radius 1 is 1.67 bits per heavy atom. The summed E-state index contributed by atoms with van der Waals surface area (Å²) in [5.41, 5.74) is 0.828. The van der Waals surface area contributed by atoms with Gasteiger partial charge >= 0.3 is 5.97 Å². The molecule has 0 bridgehead atoms. The van der Waals surface area contributed by atoms with E-state index in [1.807, 2.05) is 0 Å². The van der Waals surface area contributed by atoms with Crippen LogP contribution in [0.5, 0.6) is 0 Å². The number of aromatic nitrogens is 1. The lowest BCUT2D eigenvalue weighted by Gasteiger charge is -2.04. The predicted octanol–water partition coefficient (Wildman–Crippen LogP) is 1.31. The van der Waals surface area contributed by atoms with Crippen molar-refractivity contribution in [3.63, 3.8) is 0 Å². The molecule has 8 heteroatoms. The minimum absolute atomic E-state index is 0.0568. The molecule has 0 amide bonds. The van der Waals surface area contributed by atoms with Crippen molar-refractivity contribution in [1.82, 2.24) is 9.71 Å². The van der Waals surface area contributed by atoms with E-state index in [0.717, 1.165) is 30.6 Å². The Hall–Kier alpha value is -0.990. The van der Waals surface area contributed by atoms with E-state index in [-0.39, 0.29) is 10.3 Å². The molecule has 0 spiro atoms. The molecule has 1 heterocycles. The number of rotatable bonds is 6. The smallest absolute Gasteiger partial charge is 0.356 e. The molecule has 1 aromatic heterocycles. The molecule has 0 saturated heterocycles. The lowest BCUT2D eigenvalue weighted by molar-refractivity contribution is 0.0687. The van der Waals surface area contributed by atoms with Crippen molar-refractivity contribution in [2.24, 2.45) is 5.92 Å². The zero-order valence-corrected chi connectivity index (χ0v) is 11.4. The molecule has 2 unspecified atom stereocenters. The summed E-state index contributed by atoms with van der Waals surface area (Å²) in [5, 5.41) is 8.86. The summed E-state index contributed by atoms with van der Waals surface area (Å²) >= 11 is 0.827. The van der Waals surface area contributed by atoms with Crippen LogP contribution in [-0.4, -0.2) is 30.5 Å². The van der Waals surface area contributed by atoms with Crippen molar-refractivity contribution in [1.29, 1.82) is 0 Å². The van der Waals surface area contributed by atoms with Crippen molar-refractivity contribution in [3.8, 4) is 0 Å². The highest BCUT2D eigenvalue weighted by molar-refractivity contribution is 7.91. The number of carboxylic acids is 1. The first-order valence-electron chi connectivity index (χ1n) is 5.64. The van der Waals surface area contributed by atoms with Crippen molar-refractivity contribution < 1.29 is 18.3 Å². The summed E-state index contributed by atoms with van der Waals surface area (Å²) < 4.78 is 26.4. The largest absolute Gasteiger partial charge is 0.476 e. The number of nitrogens with one attached hydrogen (secondary N) is 1. The highest BCUT2D eigenvalue weighted by Crippen LogP contribution is 2.36.